The molecule has 1 aromatic heterocycles. The number of amides is 2. The molecule has 2 heterocycles. The third-order valence-corrected chi connectivity index (χ3v) is 5.18. The molecular formula is C24H24N4O3. The molecule has 0 radical (unpaired) electrons. The minimum atomic E-state index is -0.486. The van der Waals surface area contributed by atoms with Gasteiger partial charge in [-0.05, 0) is 73.0 Å². The standard InChI is InChI=1S/C24H24N4O3/c25-23(29)18-4-8-20(9-5-18)31-21-10-6-19(7-11-21)24(30)27-16-17-3-12-22(26-15-17)28-13-1-2-14-28/h3-12,15H,1-2,13-14,16H2,(H2,25,29)(H,27,30). The van der Waals surface area contributed by atoms with Crippen molar-refractivity contribution in [1.29, 1.82) is 0 Å². The van der Waals surface area contributed by atoms with E-state index >= 15 is 0 Å². The molecule has 2 aromatic carbocycles. The highest BCUT2D eigenvalue weighted by atomic mass is 16.5. The number of nitrogens with zero attached hydrogens (tertiary/aromatic N) is 2. The summed E-state index contributed by atoms with van der Waals surface area (Å²) < 4.78 is 5.73. The Labute approximate surface area is 180 Å². The van der Waals surface area contributed by atoms with Crippen LogP contribution in [0.5, 0.6) is 11.5 Å². The molecule has 31 heavy (non-hydrogen) atoms. The maximum absolute atomic E-state index is 12.4. The Balaban J connectivity index is 1.30. The first kappa shape index (κ1) is 20.4. The van der Waals surface area contributed by atoms with Gasteiger partial charge in [-0.15, -0.1) is 0 Å². The molecule has 3 aromatic rings. The van der Waals surface area contributed by atoms with Gasteiger partial charge in [-0.25, -0.2) is 4.98 Å². The smallest absolute Gasteiger partial charge is 0.251 e. The zero-order chi connectivity index (χ0) is 21.6. The van der Waals surface area contributed by atoms with Gasteiger partial charge in [0.1, 0.15) is 17.3 Å². The molecular weight excluding hydrogens is 392 g/mol. The predicted octanol–water partition coefficient (Wildman–Crippen LogP) is 3.50. The maximum Gasteiger partial charge on any atom is 0.251 e. The highest BCUT2D eigenvalue weighted by Gasteiger charge is 2.13. The van der Waals surface area contributed by atoms with Crippen molar-refractivity contribution >= 4 is 17.6 Å². The molecule has 1 aliphatic heterocycles. The van der Waals surface area contributed by atoms with Crippen LogP contribution in [0, 0.1) is 0 Å². The maximum atomic E-state index is 12.4. The van der Waals surface area contributed by atoms with Crippen LogP contribution >= 0.6 is 0 Å². The number of carbonyl (C=O) groups is 2. The number of nitrogens with one attached hydrogen (secondary N) is 1. The third kappa shape index (κ3) is 5.19. The number of carbonyl (C=O) groups excluding carboxylic acids is 2. The van der Waals surface area contributed by atoms with E-state index in [0.717, 1.165) is 24.5 Å². The summed E-state index contributed by atoms with van der Waals surface area (Å²) in [6.45, 7) is 2.53. The van der Waals surface area contributed by atoms with Crippen LogP contribution < -0.4 is 20.7 Å². The average Bonchev–Trinajstić information content (AvgIpc) is 3.34. The highest BCUT2D eigenvalue weighted by molar-refractivity contribution is 5.94. The van der Waals surface area contributed by atoms with Crippen LogP contribution in [-0.2, 0) is 6.54 Å². The van der Waals surface area contributed by atoms with Gasteiger partial charge < -0.3 is 20.7 Å². The highest BCUT2D eigenvalue weighted by Crippen LogP contribution is 2.22. The third-order valence-electron chi connectivity index (χ3n) is 5.18. The number of hydrogen-bond donors (Lipinski definition) is 2. The van der Waals surface area contributed by atoms with Crippen molar-refractivity contribution in [3.8, 4) is 11.5 Å². The first-order valence-corrected chi connectivity index (χ1v) is 10.2. The summed E-state index contributed by atoms with van der Waals surface area (Å²) in [5, 5.41) is 2.91. The lowest BCUT2D eigenvalue weighted by Crippen LogP contribution is -2.23. The summed E-state index contributed by atoms with van der Waals surface area (Å²) in [7, 11) is 0. The Morgan fingerprint density at radius 3 is 2.06 bits per heavy atom. The van der Waals surface area contributed by atoms with Gasteiger partial charge in [-0.3, -0.25) is 9.59 Å². The number of primary amides is 1. The van der Waals surface area contributed by atoms with Gasteiger partial charge >= 0.3 is 0 Å². The van der Waals surface area contributed by atoms with Crippen molar-refractivity contribution in [2.75, 3.05) is 18.0 Å². The number of aromatic nitrogens is 1. The van der Waals surface area contributed by atoms with Gasteiger partial charge in [0.2, 0.25) is 5.91 Å². The number of benzene rings is 2. The predicted molar refractivity (Wildman–Crippen MR) is 118 cm³/mol. The lowest BCUT2D eigenvalue weighted by Gasteiger charge is -2.16. The molecule has 0 unspecified atom stereocenters. The van der Waals surface area contributed by atoms with Crippen molar-refractivity contribution < 1.29 is 14.3 Å². The SMILES string of the molecule is NC(=O)c1ccc(Oc2ccc(C(=O)NCc3ccc(N4CCCC4)nc3)cc2)cc1. The molecule has 0 bridgehead atoms. The zero-order valence-corrected chi connectivity index (χ0v) is 17.1. The van der Waals surface area contributed by atoms with E-state index in [2.05, 4.69) is 15.2 Å². The number of anilines is 1. The Morgan fingerprint density at radius 2 is 1.52 bits per heavy atom. The Hall–Kier alpha value is -3.87. The molecule has 0 saturated carbocycles. The number of hydrogen-bond acceptors (Lipinski definition) is 5. The molecule has 7 heteroatoms. The second kappa shape index (κ2) is 9.30. The fraction of sp³-hybridized carbons (Fsp3) is 0.208. The van der Waals surface area contributed by atoms with Crippen molar-refractivity contribution in [2.24, 2.45) is 5.73 Å². The summed E-state index contributed by atoms with van der Waals surface area (Å²) in [5.74, 6) is 1.51. The van der Waals surface area contributed by atoms with E-state index in [1.54, 1.807) is 48.5 Å². The van der Waals surface area contributed by atoms with Crippen LogP contribution in [0.1, 0.15) is 39.1 Å². The lowest BCUT2D eigenvalue weighted by molar-refractivity contribution is 0.0949. The van der Waals surface area contributed by atoms with Crippen molar-refractivity contribution in [1.82, 2.24) is 10.3 Å². The molecule has 0 atom stereocenters. The second-order valence-corrected chi connectivity index (χ2v) is 7.42. The summed E-state index contributed by atoms with van der Waals surface area (Å²) in [5.41, 5.74) is 7.14. The van der Waals surface area contributed by atoms with Gasteiger partial charge in [0, 0.05) is 37.0 Å². The van der Waals surface area contributed by atoms with Gasteiger partial charge in [0.15, 0.2) is 0 Å². The summed E-state index contributed by atoms with van der Waals surface area (Å²) in [4.78, 5) is 30.3. The normalized spacial score (nSPS) is 13.1. The Morgan fingerprint density at radius 1 is 0.903 bits per heavy atom. The minimum absolute atomic E-state index is 0.166. The van der Waals surface area contributed by atoms with Crippen molar-refractivity contribution in [2.45, 2.75) is 19.4 Å². The van der Waals surface area contributed by atoms with Crippen LogP contribution in [0.25, 0.3) is 0 Å². The summed E-state index contributed by atoms with van der Waals surface area (Å²) in [6.07, 6.45) is 4.24. The van der Waals surface area contributed by atoms with Crippen LogP contribution in [0.15, 0.2) is 66.9 Å². The van der Waals surface area contributed by atoms with Crippen molar-refractivity contribution in [3.05, 3.63) is 83.6 Å². The van der Waals surface area contributed by atoms with Crippen LogP contribution in [0.3, 0.4) is 0 Å². The van der Waals surface area contributed by atoms with E-state index in [-0.39, 0.29) is 5.91 Å². The van der Waals surface area contributed by atoms with Gasteiger partial charge in [0.25, 0.3) is 5.91 Å². The Kier molecular flexibility index (Phi) is 6.12. The Bertz CT molecular complexity index is 1040. The van der Waals surface area contributed by atoms with E-state index in [0.29, 0.717) is 29.2 Å². The van der Waals surface area contributed by atoms with Gasteiger partial charge in [0.05, 0.1) is 0 Å². The summed E-state index contributed by atoms with van der Waals surface area (Å²) >= 11 is 0. The topological polar surface area (TPSA) is 97.6 Å². The monoisotopic (exact) mass is 416 g/mol. The molecule has 2 amide bonds. The fourth-order valence-electron chi connectivity index (χ4n) is 3.44. The lowest BCUT2D eigenvalue weighted by atomic mass is 10.2. The van der Waals surface area contributed by atoms with E-state index < -0.39 is 5.91 Å². The van der Waals surface area contributed by atoms with Crippen LogP contribution in [0.2, 0.25) is 0 Å². The average molecular weight is 416 g/mol. The van der Waals surface area contributed by atoms with Gasteiger partial charge in [-0.2, -0.15) is 0 Å². The molecule has 1 saturated heterocycles. The molecule has 0 spiro atoms. The number of nitrogens with two attached hydrogens (primary N) is 1. The summed E-state index contributed by atoms with van der Waals surface area (Å²) in [6, 6.07) is 17.4. The number of rotatable bonds is 7. The molecule has 1 aliphatic rings. The van der Waals surface area contributed by atoms with E-state index in [9.17, 15) is 9.59 Å². The molecule has 3 N–H and O–H groups in total. The van der Waals surface area contributed by atoms with Gasteiger partial charge in [-0.1, -0.05) is 6.07 Å². The quantitative estimate of drug-likeness (QED) is 0.614. The zero-order valence-electron chi connectivity index (χ0n) is 17.1. The first-order valence-electron chi connectivity index (χ1n) is 10.2. The molecule has 0 aliphatic carbocycles. The van der Waals surface area contributed by atoms with Crippen molar-refractivity contribution in [3.63, 3.8) is 0 Å². The number of ether oxygens (including phenoxy) is 1. The molecule has 1 fully saturated rings. The van der Waals surface area contributed by atoms with Crippen LogP contribution in [-0.4, -0.2) is 29.9 Å². The largest absolute Gasteiger partial charge is 0.457 e. The van der Waals surface area contributed by atoms with E-state index in [4.69, 9.17) is 10.5 Å². The second-order valence-electron chi connectivity index (χ2n) is 7.42. The number of pyridine rings is 1. The molecule has 7 nitrogen and oxygen atoms in total. The van der Waals surface area contributed by atoms with E-state index in [1.165, 1.54) is 12.8 Å². The molecule has 158 valence electrons. The van der Waals surface area contributed by atoms with E-state index in [1.807, 2.05) is 18.3 Å². The van der Waals surface area contributed by atoms with Crippen LogP contribution in [0.4, 0.5) is 5.82 Å². The fourth-order valence-corrected chi connectivity index (χ4v) is 3.44. The minimum Gasteiger partial charge on any atom is -0.457 e. The molecule has 4 rings (SSSR count). The first-order chi connectivity index (χ1) is 15.1.